The van der Waals surface area contributed by atoms with Crippen LogP contribution in [0.25, 0.3) is 0 Å². The average molecular weight is 284 g/mol. The Labute approximate surface area is 122 Å². The highest BCUT2D eigenvalue weighted by atomic mass is 16.6. The maximum atomic E-state index is 10.9. The van der Waals surface area contributed by atoms with E-state index in [4.69, 9.17) is 5.26 Å². The molecule has 0 unspecified atom stereocenters. The molecule has 2 aromatic rings. The first kappa shape index (κ1) is 14.6. The fraction of sp³-hybridized carbons (Fsp3) is 0.267. The van der Waals surface area contributed by atoms with Crippen LogP contribution in [0.3, 0.4) is 0 Å². The van der Waals surface area contributed by atoms with Crippen LogP contribution in [-0.2, 0) is 13.6 Å². The molecule has 0 amide bonds. The molecule has 21 heavy (non-hydrogen) atoms. The lowest BCUT2D eigenvalue weighted by Gasteiger charge is -2.09. The van der Waals surface area contributed by atoms with Crippen LogP contribution in [0, 0.1) is 35.3 Å². The van der Waals surface area contributed by atoms with E-state index >= 15 is 0 Å². The zero-order valence-corrected chi connectivity index (χ0v) is 12.2. The molecule has 1 aromatic heterocycles. The first-order valence-corrected chi connectivity index (χ1v) is 6.49. The predicted octanol–water partition coefficient (Wildman–Crippen LogP) is 3.03. The van der Waals surface area contributed by atoms with Crippen LogP contribution in [0.15, 0.2) is 24.3 Å². The van der Waals surface area contributed by atoms with Gasteiger partial charge in [-0.15, -0.1) is 0 Å². The van der Waals surface area contributed by atoms with Gasteiger partial charge in [0, 0.05) is 36.6 Å². The van der Waals surface area contributed by atoms with Crippen molar-refractivity contribution in [3.63, 3.8) is 0 Å². The van der Waals surface area contributed by atoms with E-state index in [0.29, 0.717) is 17.8 Å². The summed E-state index contributed by atoms with van der Waals surface area (Å²) in [5.74, 6) is 0. The molecule has 0 saturated heterocycles. The molecule has 6 nitrogen and oxygen atoms in total. The standard InChI is InChI=1S/C15H16N4O2/c1-10-14(5-4-6-15(10)19(20)21)17-9-12-7-13(8-16)18(3)11(12)2/h4-7,17H,9H2,1-3H3. The van der Waals surface area contributed by atoms with E-state index in [-0.39, 0.29) is 10.6 Å². The Kier molecular flexibility index (Phi) is 3.94. The number of nitrogens with one attached hydrogen (secondary N) is 1. The van der Waals surface area contributed by atoms with Gasteiger partial charge in [-0.05, 0) is 31.5 Å². The quantitative estimate of drug-likeness (QED) is 0.691. The monoisotopic (exact) mass is 284 g/mol. The van der Waals surface area contributed by atoms with Crippen molar-refractivity contribution < 1.29 is 4.92 Å². The van der Waals surface area contributed by atoms with Gasteiger partial charge < -0.3 is 9.88 Å². The Morgan fingerprint density at radius 1 is 1.43 bits per heavy atom. The van der Waals surface area contributed by atoms with Gasteiger partial charge in [0.1, 0.15) is 11.8 Å². The van der Waals surface area contributed by atoms with Crippen LogP contribution in [0.4, 0.5) is 11.4 Å². The van der Waals surface area contributed by atoms with Gasteiger partial charge in [0.05, 0.1) is 4.92 Å². The molecule has 1 heterocycles. The lowest BCUT2D eigenvalue weighted by molar-refractivity contribution is -0.385. The lowest BCUT2D eigenvalue weighted by atomic mass is 10.1. The largest absolute Gasteiger partial charge is 0.380 e. The zero-order chi connectivity index (χ0) is 15.6. The third-order valence-electron chi connectivity index (χ3n) is 3.73. The van der Waals surface area contributed by atoms with Crippen molar-refractivity contribution in [2.45, 2.75) is 20.4 Å². The number of hydrogen-bond acceptors (Lipinski definition) is 4. The number of aromatic nitrogens is 1. The Balaban J connectivity index is 2.23. The van der Waals surface area contributed by atoms with Crippen molar-refractivity contribution >= 4 is 11.4 Å². The maximum Gasteiger partial charge on any atom is 0.274 e. The van der Waals surface area contributed by atoms with Gasteiger partial charge in [0.25, 0.3) is 5.69 Å². The molecule has 0 bridgehead atoms. The summed E-state index contributed by atoms with van der Waals surface area (Å²) in [5.41, 5.74) is 4.03. The average Bonchev–Trinajstić information content (AvgIpc) is 2.73. The summed E-state index contributed by atoms with van der Waals surface area (Å²) in [6.07, 6.45) is 0. The Bertz CT molecular complexity index is 741. The van der Waals surface area contributed by atoms with Gasteiger partial charge >= 0.3 is 0 Å². The normalized spacial score (nSPS) is 10.2. The summed E-state index contributed by atoms with van der Waals surface area (Å²) in [4.78, 5) is 10.5. The maximum absolute atomic E-state index is 10.9. The molecule has 2 rings (SSSR count). The molecule has 0 aliphatic carbocycles. The molecular formula is C15H16N4O2. The van der Waals surface area contributed by atoms with Gasteiger partial charge in [0.2, 0.25) is 0 Å². The number of rotatable bonds is 4. The zero-order valence-electron chi connectivity index (χ0n) is 12.2. The lowest BCUT2D eigenvalue weighted by Crippen LogP contribution is -2.04. The van der Waals surface area contributed by atoms with E-state index in [1.165, 1.54) is 6.07 Å². The number of nitrogens with zero attached hydrogens (tertiary/aromatic N) is 3. The minimum absolute atomic E-state index is 0.0995. The summed E-state index contributed by atoms with van der Waals surface area (Å²) in [6.45, 7) is 4.18. The number of benzene rings is 1. The summed E-state index contributed by atoms with van der Waals surface area (Å²) in [6, 6.07) is 8.92. The second-order valence-corrected chi connectivity index (χ2v) is 4.87. The van der Waals surface area contributed by atoms with Crippen molar-refractivity contribution in [3.05, 3.63) is 56.9 Å². The third-order valence-corrected chi connectivity index (χ3v) is 3.73. The van der Waals surface area contributed by atoms with E-state index in [0.717, 1.165) is 16.9 Å². The minimum Gasteiger partial charge on any atom is -0.380 e. The SMILES string of the molecule is Cc1c(NCc2cc(C#N)n(C)c2C)cccc1[N+](=O)[O-]. The molecule has 6 heteroatoms. The molecule has 0 atom stereocenters. The summed E-state index contributed by atoms with van der Waals surface area (Å²) >= 11 is 0. The van der Waals surface area contributed by atoms with Gasteiger partial charge in [0.15, 0.2) is 0 Å². The van der Waals surface area contributed by atoms with Crippen LogP contribution in [-0.4, -0.2) is 9.49 Å². The fourth-order valence-corrected chi connectivity index (χ4v) is 2.25. The highest BCUT2D eigenvalue weighted by Crippen LogP contribution is 2.26. The first-order valence-electron chi connectivity index (χ1n) is 6.49. The van der Waals surface area contributed by atoms with Gasteiger partial charge in [-0.2, -0.15) is 5.26 Å². The van der Waals surface area contributed by atoms with Crippen LogP contribution >= 0.6 is 0 Å². The topological polar surface area (TPSA) is 83.9 Å². The molecule has 0 aliphatic rings. The first-order chi connectivity index (χ1) is 9.95. The van der Waals surface area contributed by atoms with E-state index in [2.05, 4.69) is 11.4 Å². The van der Waals surface area contributed by atoms with Crippen LogP contribution in [0.2, 0.25) is 0 Å². The highest BCUT2D eigenvalue weighted by Gasteiger charge is 2.14. The number of nitro groups is 1. The predicted molar refractivity (Wildman–Crippen MR) is 80.0 cm³/mol. The molecule has 0 aliphatic heterocycles. The minimum atomic E-state index is -0.387. The fourth-order valence-electron chi connectivity index (χ4n) is 2.25. The molecule has 1 aromatic carbocycles. The Morgan fingerprint density at radius 2 is 2.14 bits per heavy atom. The van der Waals surface area contributed by atoms with E-state index in [9.17, 15) is 10.1 Å². The van der Waals surface area contributed by atoms with Crippen LogP contribution in [0.1, 0.15) is 22.5 Å². The van der Waals surface area contributed by atoms with Crippen LogP contribution in [0.5, 0.6) is 0 Å². The van der Waals surface area contributed by atoms with E-state index in [1.54, 1.807) is 13.0 Å². The second kappa shape index (κ2) is 5.67. The molecule has 0 fully saturated rings. The summed E-state index contributed by atoms with van der Waals surface area (Å²) in [7, 11) is 1.84. The molecule has 108 valence electrons. The molecule has 0 radical (unpaired) electrons. The number of hydrogen-bond donors (Lipinski definition) is 1. The van der Waals surface area contributed by atoms with Gasteiger partial charge in [-0.1, -0.05) is 6.07 Å². The Morgan fingerprint density at radius 3 is 2.71 bits per heavy atom. The van der Waals surface area contributed by atoms with Crippen molar-refractivity contribution in [1.29, 1.82) is 5.26 Å². The van der Waals surface area contributed by atoms with Gasteiger partial charge in [-0.25, -0.2) is 0 Å². The van der Waals surface area contributed by atoms with Crippen molar-refractivity contribution in [3.8, 4) is 6.07 Å². The summed E-state index contributed by atoms with van der Waals surface area (Å²) < 4.78 is 1.83. The number of anilines is 1. The molecule has 1 N–H and O–H groups in total. The van der Waals surface area contributed by atoms with E-state index in [1.807, 2.05) is 30.7 Å². The smallest absolute Gasteiger partial charge is 0.274 e. The molecule has 0 saturated carbocycles. The molecule has 0 spiro atoms. The van der Waals surface area contributed by atoms with Crippen molar-refractivity contribution in [2.75, 3.05) is 5.32 Å². The van der Waals surface area contributed by atoms with Crippen molar-refractivity contribution in [2.24, 2.45) is 7.05 Å². The van der Waals surface area contributed by atoms with Gasteiger partial charge in [-0.3, -0.25) is 10.1 Å². The Hall–Kier alpha value is -2.81. The highest BCUT2D eigenvalue weighted by molar-refractivity contribution is 5.60. The van der Waals surface area contributed by atoms with Crippen molar-refractivity contribution in [1.82, 2.24) is 4.57 Å². The second-order valence-electron chi connectivity index (χ2n) is 4.87. The summed E-state index contributed by atoms with van der Waals surface area (Å²) in [5, 5.41) is 23.1. The number of nitro benzene ring substituents is 1. The third kappa shape index (κ3) is 2.72. The van der Waals surface area contributed by atoms with E-state index < -0.39 is 0 Å². The number of nitriles is 1. The molecular weight excluding hydrogens is 268 g/mol. The van der Waals surface area contributed by atoms with Crippen LogP contribution < -0.4 is 5.32 Å².